The highest BCUT2D eigenvalue weighted by atomic mass is 35.5. The van der Waals surface area contributed by atoms with Crippen molar-refractivity contribution in [3.05, 3.63) is 76.5 Å². The fraction of sp³-hybridized carbons (Fsp3) is 0.158. The second-order valence-corrected chi connectivity index (χ2v) is 5.91. The van der Waals surface area contributed by atoms with E-state index in [0.717, 1.165) is 11.1 Å². The van der Waals surface area contributed by atoms with Gasteiger partial charge in [-0.05, 0) is 30.2 Å². The van der Waals surface area contributed by atoms with Crippen molar-refractivity contribution in [2.75, 3.05) is 12.4 Å². The zero-order chi connectivity index (χ0) is 17.5. The van der Waals surface area contributed by atoms with Gasteiger partial charge in [0.25, 0.3) is 5.91 Å². The molecule has 0 aliphatic heterocycles. The number of amides is 1. The van der Waals surface area contributed by atoms with Crippen LogP contribution in [-0.2, 0) is 11.3 Å². The highest BCUT2D eigenvalue weighted by Crippen LogP contribution is 2.20. The van der Waals surface area contributed by atoms with Crippen LogP contribution in [0.15, 0.2) is 60.3 Å². The van der Waals surface area contributed by atoms with Gasteiger partial charge in [0, 0.05) is 30.5 Å². The first kappa shape index (κ1) is 17.6. The Kier molecular flexibility index (Phi) is 6.00. The summed E-state index contributed by atoms with van der Waals surface area (Å²) in [5.41, 5.74) is 2.61. The fourth-order valence-corrected chi connectivity index (χ4v) is 2.37. The fourth-order valence-electron chi connectivity index (χ4n) is 2.19. The first-order valence-corrected chi connectivity index (χ1v) is 7.81. The molecular formula is C19H18ClN3O. The van der Waals surface area contributed by atoms with Crippen molar-refractivity contribution >= 4 is 23.2 Å². The summed E-state index contributed by atoms with van der Waals surface area (Å²) in [5, 5.41) is 12.5. The number of aryl methyl sites for hydroxylation is 1. The standard InChI is InChI=1S/C19H18ClN3O/c1-14-8-9-17(20)10-18(14)22-19(24)16(11-21)13-23(2)12-15-6-4-3-5-7-15/h3-10,13H,12H2,1-2H3,(H,22,24)/b16-13-. The molecule has 0 saturated heterocycles. The van der Waals surface area contributed by atoms with Crippen LogP contribution in [0.2, 0.25) is 5.02 Å². The number of carbonyl (C=O) groups excluding carboxylic acids is 1. The molecule has 1 amide bonds. The number of nitrogens with zero attached hydrogens (tertiary/aromatic N) is 2. The third-order valence-electron chi connectivity index (χ3n) is 3.44. The number of hydrogen-bond acceptors (Lipinski definition) is 3. The van der Waals surface area contributed by atoms with E-state index in [9.17, 15) is 10.1 Å². The van der Waals surface area contributed by atoms with Gasteiger partial charge in [-0.3, -0.25) is 4.79 Å². The summed E-state index contributed by atoms with van der Waals surface area (Å²) in [5.74, 6) is -0.456. The molecule has 0 aliphatic rings. The van der Waals surface area contributed by atoms with E-state index in [1.165, 1.54) is 0 Å². The molecule has 0 aliphatic carbocycles. The lowest BCUT2D eigenvalue weighted by molar-refractivity contribution is -0.112. The van der Waals surface area contributed by atoms with Gasteiger partial charge < -0.3 is 10.2 Å². The summed E-state index contributed by atoms with van der Waals surface area (Å²) in [4.78, 5) is 14.1. The van der Waals surface area contributed by atoms with E-state index in [1.54, 1.807) is 23.2 Å². The van der Waals surface area contributed by atoms with Crippen LogP contribution in [0.3, 0.4) is 0 Å². The first-order chi connectivity index (χ1) is 11.5. The van der Waals surface area contributed by atoms with Gasteiger partial charge in [0.15, 0.2) is 0 Å². The molecular weight excluding hydrogens is 322 g/mol. The number of halogens is 1. The maximum absolute atomic E-state index is 12.3. The second-order valence-electron chi connectivity index (χ2n) is 5.47. The van der Waals surface area contributed by atoms with Crippen molar-refractivity contribution in [3.63, 3.8) is 0 Å². The summed E-state index contributed by atoms with van der Waals surface area (Å²) in [7, 11) is 1.82. The number of hydrogen-bond donors (Lipinski definition) is 1. The van der Waals surface area contributed by atoms with Crippen LogP contribution < -0.4 is 5.32 Å². The normalized spacial score (nSPS) is 10.8. The van der Waals surface area contributed by atoms with E-state index in [0.29, 0.717) is 17.3 Å². The lowest BCUT2D eigenvalue weighted by atomic mass is 10.2. The SMILES string of the molecule is Cc1ccc(Cl)cc1NC(=O)/C(C#N)=C\N(C)Cc1ccccc1. The first-order valence-electron chi connectivity index (χ1n) is 7.43. The Balaban J connectivity index is 2.10. The Morgan fingerprint density at radius 1 is 1.29 bits per heavy atom. The van der Waals surface area contributed by atoms with Crippen LogP contribution in [0.5, 0.6) is 0 Å². The van der Waals surface area contributed by atoms with Crippen molar-refractivity contribution in [1.82, 2.24) is 4.90 Å². The molecule has 2 rings (SSSR count). The van der Waals surface area contributed by atoms with E-state index in [4.69, 9.17) is 11.6 Å². The molecule has 0 bridgehead atoms. The molecule has 2 aromatic rings. The van der Waals surface area contributed by atoms with Gasteiger partial charge in [-0.1, -0.05) is 48.0 Å². The lowest BCUT2D eigenvalue weighted by Crippen LogP contribution is -2.18. The van der Waals surface area contributed by atoms with E-state index >= 15 is 0 Å². The number of carbonyl (C=O) groups is 1. The zero-order valence-electron chi connectivity index (χ0n) is 13.6. The topological polar surface area (TPSA) is 56.1 Å². The van der Waals surface area contributed by atoms with Crippen LogP contribution in [0.25, 0.3) is 0 Å². The molecule has 2 aromatic carbocycles. The van der Waals surface area contributed by atoms with E-state index in [2.05, 4.69) is 5.32 Å². The predicted octanol–water partition coefficient (Wildman–Crippen LogP) is 4.13. The molecule has 0 radical (unpaired) electrons. The van der Waals surface area contributed by atoms with Crippen molar-refractivity contribution in [2.45, 2.75) is 13.5 Å². The molecule has 0 atom stereocenters. The molecule has 0 aromatic heterocycles. The van der Waals surface area contributed by atoms with Crippen LogP contribution >= 0.6 is 11.6 Å². The number of rotatable bonds is 5. The van der Waals surface area contributed by atoms with Crippen molar-refractivity contribution in [2.24, 2.45) is 0 Å². The minimum absolute atomic E-state index is 0.0350. The van der Waals surface area contributed by atoms with Gasteiger partial charge in [-0.25, -0.2) is 0 Å². The third kappa shape index (κ3) is 4.87. The Morgan fingerprint density at radius 3 is 2.67 bits per heavy atom. The largest absolute Gasteiger partial charge is 0.375 e. The average molecular weight is 340 g/mol. The quantitative estimate of drug-likeness (QED) is 0.658. The minimum atomic E-state index is -0.456. The molecule has 0 heterocycles. The van der Waals surface area contributed by atoms with E-state index in [-0.39, 0.29) is 5.57 Å². The predicted molar refractivity (Wildman–Crippen MR) is 96.4 cm³/mol. The van der Waals surface area contributed by atoms with Crippen LogP contribution in [0.1, 0.15) is 11.1 Å². The molecule has 0 saturated carbocycles. The number of benzene rings is 2. The van der Waals surface area contributed by atoms with Crippen molar-refractivity contribution in [1.29, 1.82) is 5.26 Å². The van der Waals surface area contributed by atoms with Gasteiger partial charge in [0.1, 0.15) is 11.6 Å². The summed E-state index contributed by atoms with van der Waals surface area (Å²) >= 11 is 5.95. The molecule has 5 heteroatoms. The number of anilines is 1. The van der Waals surface area contributed by atoms with Gasteiger partial charge in [-0.15, -0.1) is 0 Å². The molecule has 0 unspecified atom stereocenters. The molecule has 1 N–H and O–H groups in total. The Hall–Kier alpha value is -2.77. The van der Waals surface area contributed by atoms with Crippen molar-refractivity contribution < 1.29 is 4.79 Å². The van der Waals surface area contributed by atoms with Crippen LogP contribution in [0, 0.1) is 18.3 Å². The lowest BCUT2D eigenvalue weighted by Gasteiger charge is -2.15. The third-order valence-corrected chi connectivity index (χ3v) is 3.67. The van der Waals surface area contributed by atoms with Gasteiger partial charge in [0.2, 0.25) is 0 Å². The highest BCUT2D eigenvalue weighted by Gasteiger charge is 2.12. The minimum Gasteiger partial charge on any atom is -0.375 e. The molecule has 0 spiro atoms. The average Bonchev–Trinajstić information content (AvgIpc) is 2.56. The van der Waals surface area contributed by atoms with Crippen LogP contribution in [-0.4, -0.2) is 17.9 Å². The second kappa shape index (κ2) is 8.19. The molecule has 122 valence electrons. The van der Waals surface area contributed by atoms with E-state index < -0.39 is 5.91 Å². The van der Waals surface area contributed by atoms with Gasteiger partial charge in [-0.2, -0.15) is 5.26 Å². The Labute approximate surface area is 147 Å². The Bertz CT molecular complexity index is 794. The zero-order valence-corrected chi connectivity index (χ0v) is 14.3. The summed E-state index contributed by atoms with van der Waals surface area (Å²) in [6.07, 6.45) is 1.54. The summed E-state index contributed by atoms with van der Waals surface area (Å²) < 4.78 is 0. The Morgan fingerprint density at radius 2 is 2.00 bits per heavy atom. The van der Waals surface area contributed by atoms with Gasteiger partial charge in [0.05, 0.1) is 0 Å². The van der Waals surface area contributed by atoms with Crippen molar-refractivity contribution in [3.8, 4) is 6.07 Å². The summed E-state index contributed by atoms with van der Waals surface area (Å²) in [6.45, 7) is 2.47. The summed E-state index contributed by atoms with van der Waals surface area (Å²) in [6, 6.07) is 17.0. The monoisotopic (exact) mass is 339 g/mol. The maximum atomic E-state index is 12.3. The molecule has 4 nitrogen and oxygen atoms in total. The maximum Gasteiger partial charge on any atom is 0.267 e. The smallest absolute Gasteiger partial charge is 0.267 e. The van der Waals surface area contributed by atoms with E-state index in [1.807, 2.05) is 56.4 Å². The van der Waals surface area contributed by atoms with Gasteiger partial charge >= 0.3 is 0 Å². The molecule has 0 fully saturated rings. The highest BCUT2D eigenvalue weighted by molar-refractivity contribution is 6.31. The number of nitriles is 1. The van der Waals surface area contributed by atoms with Crippen LogP contribution in [0.4, 0.5) is 5.69 Å². The molecule has 24 heavy (non-hydrogen) atoms. The number of nitrogens with one attached hydrogen (secondary N) is 1.